The van der Waals surface area contributed by atoms with Crippen LogP contribution in [0.15, 0.2) is 30.3 Å². The maximum absolute atomic E-state index is 10.6. The van der Waals surface area contributed by atoms with Crippen LogP contribution in [0.5, 0.6) is 0 Å². The highest BCUT2D eigenvalue weighted by atomic mass is 16.5. The second-order valence-electron chi connectivity index (χ2n) is 4.91. The van der Waals surface area contributed by atoms with Gasteiger partial charge in [0.05, 0.1) is 25.4 Å². The van der Waals surface area contributed by atoms with Crippen LogP contribution in [-0.2, 0) is 16.1 Å². The lowest BCUT2D eigenvalue weighted by Gasteiger charge is -2.25. The highest BCUT2D eigenvalue weighted by molar-refractivity contribution is 5.53. The molecule has 4 atom stereocenters. The average Bonchev–Trinajstić information content (AvgIpc) is 2.45. The van der Waals surface area contributed by atoms with Crippen LogP contribution < -0.4 is 0 Å². The molecule has 0 amide bonds. The third kappa shape index (κ3) is 5.11. The van der Waals surface area contributed by atoms with Gasteiger partial charge in [-0.2, -0.15) is 0 Å². The summed E-state index contributed by atoms with van der Waals surface area (Å²) < 4.78 is 5.42. The molecule has 0 aliphatic heterocycles. The topological polar surface area (TPSA) is 66.8 Å². The molecule has 0 fully saturated rings. The summed E-state index contributed by atoms with van der Waals surface area (Å²) in [6.07, 6.45) is -0.951. The van der Waals surface area contributed by atoms with Gasteiger partial charge in [0.15, 0.2) is 0 Å². The number of rotatable bonds is 8. The molecular formula is C15H22O4. The fourth-order valence-corrected chi connectivity index (χ4v) is 1.81. The van der Waals surface area contributed by atoms with Crippen LogP contribution in [0.3, 0.4) is 0 Å². The Morgan fingerprint density at radius 1 is 1.21 bits per heavy atom. The molecule has 19 heavy (non-hydrogen) atoms. The smallest absolute Gasteiger partial charge is 0.125 e. The molecule has 0 aliphatic carbocycles. The molecule has 4 nitrogen and oxygen atoms in total. The van der Waals surface area contributed by atoms with Crippen molar-refractivity contribution in [1.29, 1.82) is 0 Å². The first kappa shape index (κ1) is 15.8. The number of aldehydes is 1. The molecule has 1 rings (SSSR count). The van der Waals surface area contributed by atoms with Crippen LogP contribution in [0.1, 0.15) is 19.4 Å². The molecule has 0 unspecified atom stereocenters. The minimum absolute atomic E-state index is 0.138. The van der Waals surface area contributed by atoms with Crippen LogP contribution in [0, 0.1) is 11.8 Å². The van der Waals surface area contributed by atoms with Gasteiger partial charge in [-0.15, -0.1) is 0 Å². The summed E-state index contributed by atoms with van der Waals surface area (Å²) in [6.45, 7) is 3.90. The fourth-order valence-electron chi connectivity index (χ4n) is 1.81. The zero-order valence-electron chi connectivity index (χ0n) is 11.4. The summed E-state index contributed by atoms with van der Waals surface area (Å²) in [7, 11) is 0. The Morgan fingerprint density at radius 3 is 2.42 bits per heavy atom. The molecule has 1 aromatic carbocycles. The lowest BCUT2D eigenvalue weighted by atomic mass is 9.90. The van der Waals surface area contributed by atoms with Gasteiger partial charge < -0.3 is 19.7 Å². The van der Waals surface area contributed by atoms with E-state index in [-0.39, 0.29) is 6.61 Å². The number of carbonyl (C=O) groups excluding carboxylic acids is 1. The van der Waals surface area contributed by atoms with E-state index >= 15 is 0 Å². The van der Waals surface area contributed by atoms with Crippen molar-refractivity contribution in [3.05, 3.63) is 35.9 Å². The molecule has 0 spiro atoms. The van der Waals surface area contributed by atoms with Gasteiger partial charge in [-0.25, -0.2) is 0 Å². The lowest BCUT2D eigenvalue weighted by Crippen LogP contribution is -2.37. The fraction of sp³-hybridized carbons (Fsp3) is 0.533. The van der Waals surface area contributed by atoms with Gasteiger partial charge in [0.25, 0.3) is 0 Å². The maximum Gasteiger partial charge on any atom is 0.125 e. The van der Waals surface area contributed by atoms with Gasteiger partial charge in [0.2, 0.25) is 0 Å². The number of hydrogen-bond donors (Lipinski definition) is 2. The second-order valence-corrected chi connectivity index (χ2v) is 4.91. The molecule has 0 bridgehead atoms. The predicted molar refractivity (Wildman–Crippen MR) is 72.5 cm³/mol. The zero-order chi connectivity index (χ0) is 14.3. The summed E-state index contributed by atoms with van der Waals surface area (Å²) in [5, 5.41) is 19.7. The van der Waals surface area contributed by atoms with Gasteiger partial charge in [0.1, 0.15) is 6.29 Å². The largest absolute Gasteiger partial charge is 0.392 e. The average molecular weight is 266 g/mol. The minimum atomic E-state index is -0.854. The normalized spacial score (nSPS) is 17.5. The van der Waals surface area contributed by atoms with Gasteiger partial charge >= 0.3 is 0 Å². The van der Waals surface area contributed by atoms with E-state index in [4.69, 9.17) is 4.74 Å². The maximum atomic E-state index is 10.6. The molecule has 0 saturated heterocycles. The molecule has 1 aromatic rings. The first-order valence-electron chi connectivity index (χ1n) is 6.49. The third-order valence-corrected chi connectivity index (χ3v) is 3.30. The Kier molecular flexibility index (Phi) is 6.70. The number of aliphatic hydroxyl groups excluding tert-OH is 2. The number of hydrogen-bond acceptors (Lipinski definition) is 4. The SMILES string of the molecule is C[C@H]([C@@H](O)[C@@H](C)C=O)[C@@H](O)COCc1ccccc1. The molecule has 106 valence electrons. The van der Waals surface area contributed by atoms with E-state index in [0.717, 1.165) is 5.56 Å². The van der Waals surface area contributed by atoms with Crippen LogP contribution in [0.25, 0.3) is 0 Å². The second kappa shape index (κ2) is 8.04. The van der Waals surface area contributed by atoms with E-state index in [1.807, 2.05) is 30.3 Å². The highest BCUT2D eigenvalue weighted by Gasteiger charge is 2.26. The standard InChI is InChI=1S/C15H22O4/c1-11(8-16)15(18)12(2)14(17)10-19-9-13-6-4-3-5-7-13/h3-8,11-12,14-15,17-18H,9-10H2,1-2H3/t11-,12-,14-,15-/m0/s1. The van der Waals surface area contributed by atoms with Gasteiger partial charge in [-0.3, -0.25) is 0 Å². The van der Waals surface area contributed by atoms with Crippen LogP contribution in [0.4, 0.5) is 0 Å². The van der Waals surface area contributed by atoms with Gasteiger partial charge in [-0.05, 0) is 5.56 Å². The van der Waals surface area contributed by atoms with Crippen molar-refractivity contribution in [2.45, 2.75) is 32.7 Å². The number of aliphatic hydroxyl groups is 2. The lowest BCUT2D eigenvalue weighted by molar-refractivity contribution is -0.117. The van der Waals surface area contributed by atoms with Gasteiger partial charge in [-0.1, -0.05) is 44.2 Å². The third-order valence-electron chi connectivity index (χ3n) is 3.30. The van der Waals surface area contributed by atoms with E-state index in [2.05, 4.69) is 0 Å². The molecule has 0 aliphatic rings. The molecule has 4 heteroatoms. The molecule has 2 N–H and O–H groups in total. The Labute approximate surface area is 114 Å². The Bertz CT molecular complexity index is 366. The number of ether oxygens (including phenoxy) is 1. The minimum Gasteiger partial charge on any atom is -0.392 e. The Hall–Kier alpha value is -1.23. The molecule has 0 aromatic heterocycles. The summed E-state index contributed by atoms with van der Waals surface area (Å²) in [5.74, 6) is -0.894. The predicted octanol–water partition coefficient (Wildman–Crippen LogP) is 1.40. The van der Waals surface area contributed by atoms with E-state index in [9.17, 15) is 15.0 Å². The molecular weight excluding hydrogens is 244 g/mol. The summed E-state index contributed by atoms with van der Waals surface area (Å²) in [5.41, 5.74) is 1.03. The highest BCUT2D eigenvalue weighted by Crippen LogP contribution is 2.16. The Morgan fingerprint density at radius 2 is 1.84 bits per heavy atom. The monoisotopic (exact) mass is 266 g/mol. The summed E-state index contributed by atoms with van der Waals surface area (Å²) in [4.78, 5) is 10.6. The number of carbonyl (C=O) groups is 1. The zero-order valence-corrected chi connectivity index (χ0v) is 11.4. The molecule has 0 saturated carbocycles. The van der Waals surface area contributed by atoms with Crippen LogP contribution >= 0.6 is 0 Å². The van der Waals surface area contributed by atoms with E-state index in [1.165, 1.54) is 0 Å². The molecule has 0 radical (unpaired) electrons. The summed E-state index contributed by atoms with van der Waals surface area (Å²) >= 11 is 0. The van der Waals surface area contributed by atoms with Crippen molar-refractivity contribution in [3.8, 4) is 0 Å². The first-order chi connectivity index (χ1) is 9.06. The van der Waals surface area contributed by atoms with Crippen molar-refractivity contribution in [2.75, 3.05) is 6.61 Å². The van der Waals surface area contributed by atoms with Crippen molar-refractivity contribution in [2.24, 2.45) is 11.8 Å². The van der Waals surface area contributed by atoms with Crippen molar-refractivity contribution in [1.82, 2.24) is 0 Å². The van der Waals surface area contributed by atoms with Crippen LogP contribution in [0.2, 0.25) is 0 Å². The van der Waals surface area contributed by atoms with E-state index < -0.39 is 24.0 Å². The van der Waals surface area contributed by atoms with Crippen molar-refractivity contribution in [3.63, 3.8) is 0 Å². The summed E-state index contributed by atoms with van der Waals surface area (Å²) in [6, 6.07) is 9.66. The van der Waals surface area contributed by atoms with Gasteiger partial charge in [0, 0.05) is 11.8 Å². The molecule has 0 heterocycles. The van der Waals surface area contributed by atoms with Crippen molar-refractivity contribution >= 4 is 6.29 Å². The Balaban J connectivity index is 2.34. The van der Waals surface area contributed by atoms with Crippen molar-refractivity contribution < 1.29 is 19.7 Å². The van der Waals surface area contributed by atoms with Crippen LogP contribution in [-0.4, -0.2) is 35.3 Å². The first-order valence-corrected chi connectivity index (χ1v) is 6.49. The number of benzene rings is 1. The van der Waals surface area contributed by atoms with E-state index in [1.54, 1.807) is 13.8 Å². The van der Waals surface area contributed by atoms with E-state index in [0.29, 0.717) is 12.9 Å². The quantitative estimate of drug-likeness (QED) is 0.698.